The first-order chi connectivity index (χ1) is 7.99. The van der Waals surface area contributed by atoms with Gasteiger partial charge in [0.15, 0.2) is 0 Å². The summed E-state index contributed by atoms with van der Waals surface area (Å²) in [4.78, 5) is 1.96. The first-order valence-corrected chi connectivity index (χ1v) is 5.40. The molecule has 0 N–H and O–H groups in total. The third-order valence-electron chi connectivity index (χ3n) is 2.16. The lowest BCUT2D eigenvalue weighted by atomic mass is 10.2. The van der Waals surface area contributed by atoms with E-state index in [0.717, 1.165) is 5.56 Å². The molecule has 1 aromatic rings. The predicted molar refractivity (Wildman–Crippen MR) is 63.3 cm³/mol. The summed E-state index contributed by atoms with van der Waals surface area (Å²) >= 11 is 3.18. The van der Waals surface area contributed by atoms with E-state index in [0.29, 0.717) is 30.2 Å². The maximum Gasteiger partial charge on any atom is 0.0598 e. The summed E-state index contributed by atoms with van der Waals surface area (Å²) in [7, 11) is 0. The number of hydrogen-bond acceptors (Lipinski definition) is 1. The second-order valence-corrected chi connectivity index (χ2v) is 4.09. The number of benzene rings is 1. The van der Waals surface area contributed by atoms with Crippen molar-refractivity contribution >= 4 is 15.9 Å². The van der Waals surface area contributed by atoms with Crippen molar-refractivity contribution < 1.29 is 4.11 Å². The number of hydrogen-bond donors (Lipinski definition) is 0. The van der Waals surface area contributed by atoms with Crippen molar-refractivity contribution in [3.8, 4) is 0 Å². The molecule has 0 atom stereocenters. The van der Waals surface area contributed by atoms with Gasteiger partial charge in [-0.1, -0.05) is 52.3 Å². The molecule has 2 heteroatoms. The van der Waals surface area contributed by atoms with Crippen LogP contribution in [0.1, 0.15) is 16.0 Å². The summed E-state index contributed by atoms with van der Waals surface area (Å²) < 4.78 is 23.9. The summed E-state index contributed by atoms with van der Waals surface area (Å²) in [6, 6.07) is 10.3. The van der Waals surface area contributed by atoms with Crippen molar-refractivity contribution in [2.24, 2.45) is 0 Å². The van der Waals surface area contributed by atoms with Gasteiger partial charge in [0.1, 0.15) is 0 Å². The van der Waals surface area contributed by atoms with E-state index < -0.39 is 6.37 Å². The van der Waals surface area contributed by atoms with Gasteiger partial charge in [0, 0.05) is 22.4 Å². The molecule has 1 nitrogen and oxygen atoms in total. The minimum Gasteiger partial charge on any atom is -0.295 e. The van der Waals surface area contributed by atoms with Crippen LogP contribution in [0.15, 0.2) is 40.9 Å². The molecule has 0 saturated carbocycles. The van der Waals surface area contributed by atoms with E-state index in [1.165, 1.54) is 0 Å². The zero-order chi connectivity index (χ0) is 12.5. The molecule has 0 aromatic heterocycles. The summed E-state index contributed by atoms with van der Waals surface area (Å²) in [5.41, 5.74) is 1.15. The SMILES string of the molecule is [2H]C1=C(Br)C([2H])([2H])CN(Cc2ccccc2)C1. The standard InChI is InChI=1S/C12H14BrN/c13-12-6-8-14(9-7-12)10-11-4-2-1-3-5-11/h1-6H,7-10H2/i6D,7D2. The summed E-state index contributed by atoms with van der Waals surface area (Å²) in [6.45, 7) is 1.50. The Bertz CT molecular complexity index is 431. The molecule has 0 bridgehead atoms. The Morgan fingerprint density at radius 1 is 1.43 bits per heavy atom. The molecule has 1 aliphatic rings. The molecule has 0 amide bonds. The monoisotopic (exact) mass is 254 g/mol. The summed E-state index contributed by atoms with van der Waals surface area (Å²) in [5, 5.41) is 0. The van der Waals surface area contributed by atoms with Gasteiger partial charge < -0.3 is 0 Å². The van der Waals surface area contributed by atoms with Crippen molar-refractivity contribution in [2.45, 2.75) is 12.9 Å². The summed E-state index contributed by atoms with van der Waals surface area (Å²) in [6.07, 6.45) is -1.45. The average molecular weight is 255 g/mol. The van der Waals surface area contributed by atoms with Gasteiger partial charge in [-0.25, -0.2) is 0 Å². The molecule has 0 saturated heterocycles. The van der Waals surface area contributed by atoms with Gasteiger partial charge in [-0.15, -0.1) is 0 Å². The predicted octanol–water partition coefficient (Wildman–Crippen LogP) is 3.17. The second kappa shape index (κ2) is 4.76. The van der Waals surface area contributed by atoms with Crippen molar-refractivity contribution in [3.63, 3.8) is 0 Å². The van der Waals surface area contributed by atoms with Gasteiger partial charge in [0.25, 0.3) is 0 Å². The Hall–Kier alpha value is -0.600. The smallest absolute Gasteiger partial charge is 0.0598 e. The van der Waals surface area contributed by atoms with Crippen molar-refractivity contribution in [1.29, 1.82) is 0 Å². The molecule has 14 heavy (non-hydrogen) atoms. The minimum absolute atomic E-state index is 0.324. The zero-order valence-corrected chi connectivity index (χ0v) is 9.42. The molecule has 1 aromatic carbocycles. The first-order valence-electron chi connectivity index (χ1n) is 6.11. The molecule has 0 aliphatic carbocycles. The van der Waals surface area contributed by atoms with Gasteiger partial charge in [-0.05, 0) is 16.4 Å². The van der Waals surface area contributed by atoms with Gasteiger partial charge in [-0.3, -0.25) is 4.90 Å². The van der Waals surface area contributed by atoms with Crippen LogP contribution in [0.25, 0.3) is 0 Å². The molecule has 74 valence electrons. The fourth-order valence-corrected chi connectivity index (χ4v) is 1.69. The van der Waals surface area contributed by atoms with E-state index >= 15 is 0 Å². The number of halogens is 1. The van der Waals surface area contributed by atoms with E-state index in [9.17, 15) is 0 Å². The van der Waals surface area contributed by atoms with Crippen LogP contribution in [-0.4, -0.2) is 18.0 Å². The third kappa shape index (κ3) is 2.69. The fraction of sp³-hybridized carbons (Fsp3) is 0.333. The summed E-state index contributed by atoms with van der Waals surface area (Å²) in [5.74, 6) is 0. The van der Waals surface area contributed by atoms with Crippen molar-refractivity contribution in [1.82, 2.24) is 4.90 Å². The third-order valence-corrected chi connectivity index (χ3v) is 2.73. The molecule has 0 spiro atoms. The molecule has 0 unspecified atom stereocenters. The molecule has 2 rings (SSSR count). The average Bonchev–Trinajstić information content (AvgIpc) is 2.27. The van der Waals surface area contributed by atoms with Crippen LogP contribution in [0.4, 0.5) is 0 Å². The van der Waals surface area contributed by atoms with E-state index in [1.54, 1.807) is 0 Å². The molecular weight excluding hydrogens is 238 g/mol. The van der Waals surface area contributed by atoms with E-state index in [4.69, 9.17) is 4.11 Å². The molecule has 0 fully saturated rings. The Balaban J connectivity index is 2.11. The van der Waals surface area contributed by atoms with E-state index in [-0.39, 0.29) is 0 Å². The van der Waals surface area contributed by atoms with Gasteiger partial charge in [0.05, 0.1) is 1.37 Å². The Kier molecular flexibility index (Phi) is 2.31. The minimum atomic E-state index is -1.45. The second-order valence-electron chi connectivity index (χ2n) is 3.30. The van der Waals surface area contributed by atoms with Crippen LogP contribution in [0, 0.1) is 0 Å². The van der Waals surface area contributed by atoms with Crippen molar-refractivity contribution in [2.75, 3.05) is 13.1 Å². The van der Waals surface area contributed by atoms with Crippen LogP contribution in [0.2, 0.25) is 0 Å². The van der Waals surface area contributed by atoms with Crippen LogP contribution in [-0.2, 0) is 6.54 Å². The Morgan fingerprint density at radius 2 is 2.21 bits per heavy atom. The lowest BCUT2D eigenvalue weighted by Gasteiger charge is -2.24. The zero-order valence-electron chi connectivity index (χ0n) is 10.8. The van der Waals surface area contributed by atoms with Gasteiger partial charge >= 0.3 is 0 Å². The topological polar surface area (TPSA) is 3.24 Å². The van der Waals surface area contributed by atoms with Crippen LogP contribution < -0.4 is 0 Å². The fourth-order valence-electron chi connectivity index (χ4n) is 1.43. The Morgan fingerprint density at radius 3 is 2.93 bits per heavy atom. The normalized spacial score (nSPS) is 25.4. The molecule has 1 aliphatic heterocycles. The van der Waals surface area contributed by atoms with Crippen LogP contribution in [0.3, 0.4) is 0 Å². The first kappa shape index (κ1) is 6.81. The lowest BCUT2D eigenvalue weighted by molar-refractivity contribution is 0.289. The highest BCUT2D eigenvalue weighted by molar-refractivity contribution is 9.11. The molecular formula is C12H14BrN. The quantitative estimate of drug-likeness (QED) is 0.784. The number of nitrogens with zero attached hydrogens (tertiary/aromatic N) is 1. The molecule has 1 heterocycles. The van der Waals surface area contributed by atoms with Crippen LogP contribution in [0.5, 0.6) is 0 Å². The largest absolute Gasteiger partial charge is 0.295 e. The number of rotatable bonds is 2. The highest BCUT2D eigenvalue weighted by Crippen LogP contribution is 2.17. The van der Waals surface area contributed by atoms with E-state index in [2.05, 4.69) is 15.9 Å². The van der Waals surface area contributed by atoms with Crippen LogP contribution >= 0.6 is 15.9 Å². The highest BCUT2D eigenvalue weighted by Gasteiger charge is 2.09. The lowest BCUT2D eigenvalue weighted by Crippen LogP contribution is -2.27. The van der Waals surface area contributed by atoms with Gasteiger partial charge in [-0.2, -0.15) is 0 Å². The van der Waals surface area contributed by atoms with Gasteiger partial charge in [0.2, 0.25) is 0 Å². The van der Waals surface area contributed by atoms with E-state index in [1.807, 2.05) is 35.2 Å². The van der Waals surface area contributed by atoms with Crippen molar-refractivity contribution in [3.05, 3.63) is 46.4 Å². The maximum atomic E-state index is 7.86. The maximum absolute atomic E-state index is 7.86. The highest BCUT2D eigenvalue weighted by atomic mass is 79.9. The Labute approximate surface area is 97.8 Å². The molecule has 0 radical (unpaired) electrons.